The molecule has 0 fully saturated rings. The topological polar surface area (TPSA) is 61.9 Å². The molecule has 134 valence electrons. The normalized spacial score (nSPS) is 16.8. The molecule has 0 bridgehead atoms. The quantitative estimate of drug-likeness (QED) is 0.906. The molecule has 0 radical (unpaired) electrons. The van der Waals surface area contributed by atoms with Crippen LogP contribution in [-0.2, 0) is 17.6 Å². The Kier molecular flexibility index (Phi) is 5.21. The second-order valence-corrected chi connectivity index (χ2v) is 7.49. The van der Waals surface area contributed by atoms with Crippen LogP contribution in [0.1, 0.15) is 60.9 Å². The van der Waals surface area contributed by atoms with Gasteiger partial charge in [-0.05, 0) is 50.7 Å². The van der Waals surface area contributed by atoms with E-state index in [1.807, 2.05) is 26.1 Å². The maximum Gasteiger partial charge on any atom is 0.227 e. The molecule has 3 rings (SSSR count). The van der Waals surface area contributed by atoms with Crippen molar-refractivity contribution in [3.05, 3.63) is 46.5 Å². The zero-order valence-electron chi connectivity index (χ0n) is 15.7. The van der Waals surface area contributed by atoms with Gasteiger partial charge >= 0.3 is 0 Å². The van der Waals surface area contributed by atoms with Crippen LogP contribution in [-0.4, -0.2) is 32.5 Å². The number of aromatic nitrogens is 3. The van der Waals surface area contributed by atoms with Gasteiger partial charge < -0.3 is 4.90 Å². The van der Waals surface area contributed by atoms with Gasteiger partial charge in [0.25, 0.3) is 0 Å². The van der Waals surface area contributed by atoms with Gasteiger partial charge in [-0.15, -0.1) is 0 Å². The number of carbonyl (C=O) groups is 1. The highest BCUT2D eigenvalue weighted by Crippen LogP contribution is 2.33. The second-order valence-electron chi connectivity index (χ2n) is 7.49. The van der Waals surface area contributed by atoms with E-state index in [-0.39, 0.29) is 11.9 Å². The summed E-state index contributed by atoms with van der Waals surface area (Å²) in [5, 5.41) is 7.21. The number of rotatable bonds is 5. The molecular weight excluding hydrogens is 312 g/mol. The van der Waals surface area contributed by atoms with E-state index in [4.69, 9.17) is 0 Å². The predicted molar refractivity (Wildman–Crippen MR) is 98.2 cm³/mol. The summed E-state index contributed by atoms with van der Waals surface area (Å²) in [6.45, 7) is 9.02. The number of H-pyrrole nitrogens is 1. The molecule has 0 aromatic carbocycles. The summed E-state index contributed by atoms with van der Waals surface area (Å²) in [7, 11) is 0. The van der Waals surface area contributed by atoms with Crippen molar-refractivity contribution in [2.24, 2.45) is 5.92 Å². The van der Waals surface area contributed by atoms with E-state index in [1.54, 1.807) is 0 Å². The van der Waals surface area contributed by atoms with Gasteiger partial charge in [-0.3, -0.25) is 14.9 Å². The molecular formula is C20H28N4O. The van der Waals surface area contributed by atoms with Crippen molar-refractivity contribution in [2.75, 3.05) is 6.54 Å². The Hall–Kier alpha value is -2.17. The van der Waals surface area contributed by atoms with Gasteiger partial charge in [0.15, 0.2) is 0 Å². The largest absolute Gasteiger partial charge is 0.334 e. The molecule has 0 saturated carbocycles. The minimum Gasteiger partial charge on any atom is -0.334 e. The number of pyridine rings is 1. The first kappa shape index (κ1) is 17.6. The third kappa shape index (κ3) is 3.75. The molecule has 0 spiro atoms. The summed E-state index contributed by atoms with van der Waals surface area (Å²) < 4.78 is 0. The van der Waals surface area contributed by atoms with Crippen molar-refractivity contribution in [3.63, 3.8) is 0 Å². The molecule has 2 aromatic heterocycles. The fraction of sp³-hybridized carbons (Fsp3) is 0.550. The average molecular weight is 340 g/mol. The zero-order chi connectivity index (χ0) is 18.0. The highest BCUT2D eigenvalue weighted by Gasteiger charge is 2.31. The molecule has 1 aliphatic rings. The number of carbonyl (C=O) groups excluding carboxylic acids is 1. The van der Waals surface area contributed by atoms with E-state index < -0.39 is 0 Å². The van der Waals surface area contributed by atoms with E-state index in [9.17, 15) is 4.79 Å². The van der Waals surface area contributed by atoms with Crippen molar-refractivity contribution in [1.29, 1.82) is 0 Å². The van der Waals surface area contributed by atoms with Crippen LogP contribution in [0.4, 0.5) is 0 Å². The standard InChI is InChI=1S/C20H28N4O/c1-13(2)12-24(19(25)11-17-14(3)22-23-15(17)4)18-9-5-7-16-8-6-10-21-20(16)18/h6,8,10,13,18H,5,7,9,11-12H2,1-4H3,(H,22,23)/t18-/m1/s1. The maximum atomic E-state index is 13.2. The van der Waals surface area contributed by atoms with Crippen LogP contribution in [0.15, 0.2) is 18.3 Å². The van der Waals surface area contributed by atoms with E-state index in [2.05, 4.69) is 40.0 Å². The minimum atomic E-state index is 0.0902. The lowest BCUT2D eigenvalue weighted by Crippen LogP contribution is -2.40. The number of fused-ring (bicyclic) bond motifs is 1. The first-order chi connectivity index (χ1) is 12.0. The summed E-state index contributed by atoms with van der Waals surface area (Å²) in [5.74, 6) is 0.592. The molecule has 1 amide bonds. The monoisotopic (exact) mass is 340 g/mol. The van der Waals surface area contributed by atoms with Crippen LogP contribution >= 0.6 is 0 Å². The number of nitrogens with one attached hydrogen (secondary N) is 1. The maximum absolute atomic E-state index is 13.2. The third-order valence-corrected chi connectivity index (χ3v) is 5.03. The SMILES string of the molecule is Cc1n[nH]c(C)c1CC(=O)N(CC(C)C)[C@@H]1CCCc2cccnc21. The Bertz CT molecular complexity index is 730. The summed E-state index contributed by atoms with van der Waals surface area (Å²) in [6, 6.07) is 4.23. The van der Waals surface area contributed by atoms with E-state index in [1.165, 1.54) is 5.56 Å². The molecule has 0 aliphatic heterocycles. The Morgan fingerprint density at radius 1 is 1.40 bits per heavy atom. The zero-order valence-corrected chi connectivity index (χ0v) is 15.7. The third-order valence-electron chi connectivity index (χ3n) is 5.03. The fourth-order valence-corrected chi connectivity index (χ4v) is 3.77. The molecule has 2 aromatic rings. The number of nitrogens with zero attached hydrogens (tertiary/aromatic N) is 3. The highest BCUT2D eigenvalue weighted by atomic mass is 16.2. The molecule has 5 heteroatoms. The lowest BCUT2D eigenvalue weighted by molar-refractivity contribution is -0.134. The van der Waals surface area contributed by atoms with Crippen molar-refractivity contribution < 1.29 is 4.79 Å². The summed E-state index contributed by atoms with van der Waals surface area (Å²) in [5.41, 5.74) is 5.30. The van der Waals surface area contributed by atoms with Gasteiger partial charge in [0.2, 0.25) is 5.91 Å². The lowest BCUT2D eigenvalue weighted by atomic mass is 9.90. The molecule has 0 saturated heterocycles. The van der Waals surface area contributed by atoms with Crippen LogP contribution in [0.3, 0.4) is 0 Å². The van der Waals surface area contributed by atoms with Gasteiger partial charge in [0, 0.05) is 24.0 Å². The van der Waals surface area contributed by atoms with Gasteiger partial charge in [-0.1, -0.05) is 19.9 Å². The van der Waals surface area contributed by atoms with E-state index in [0.29, 0.717) is 12.3 Å². The second kappa shape index (κ2) is 7.38. The van der Waals surface area contributed by atoms with Crippen LogP contribution < -0.4 is 0 Å². The Morgan fingerprint density at radius 3 is 2.88 bits per heavy atom. The Morgan fingerprint density at radius 2 is 2.20 bits per heavy atom. The Labute approximate surface area is 149 Å². The summed E-state index contributed by atoms with van der Waals surface area (Å²) in [6.07, 6.45) is 5.41. The van der Waals surface area contributed by atoms with Crippen molar-refractivity contribution >= 4 is 5.91 Å². The first-order valence-corrected chi connectivity index (χ1v) is 9.21. The summed E-state index contributed by atoms with van der Waals surface area (Å²) >= 11 is 0. The Balaban J connectivity index is 1.89. The number of aromatic amines is 1. The average Bonchev–Trinajstić information content (AvgIpc) is 2.91. The predicted octanol–water partition coefficient (Wildman–Crippen LogP) is 3.53. The van der Waals surface area contributed by atoms with Gasteiger partial charge in [-0.2, -0.15) is 5.10 Å². The molecule has 25 heavy (non-hydrogen) atoms. The fourth-order valence-electron chi connectivity index (χ4n) is 3.77. The molecule has 1 atom stereocenters. The summed E-state index contributed by atoms with van der Waals surface area (Å²) in [4.78, 5) is 19.9. The number of hydrogen-bond donors (Lipinski definition) is 1. The van der Waals surface area contributed by atoms with Gasteiger partial charge in [0.1, 0.15) is 0 Å². The minimum absolute atomic E-state index is 0.0902. The van der Waals surface area contributed by atoms with Crippen molar-refractivity contribution in [3.8, 4) is 0 Å². The number of hydrogen-bond acceptors (Lipinski definition) is 3. The first-order valence-electron chi connectivity index (χ1n) is 9.21. The lowest BCUT2D eigenvalue weighted by Gasteiger charge is -2.36. The molecule has 0 unspecified atom stereocenters. The van der Waals surface area contributed by atoms with Gasteiger partial charge in [-0.25, -0.2) is 0 Å². The van der Waals surface area contributed by atoms with Gasteiger partial charge in [0.05, 0.1) is 23.9 Å². The highest BCUT2D eigenvalue weighted by molar-refractivity contribution is 5.80. The van der Waals surface area contributed by atoms with Crippen molar-refractivity contribution in [2.45, 2.75) is 59.4 Å². The van der Waals surface area contributed by atoms with E-state index >= 15 is 0 Å². The van der Waals surface area contributed by atoms with Crippen LogP contribution in [0.2, 0.25) is 0 Å². The van der Waals surface area contributed by atoms with E-state index in [0.717, 1.165) is 48.5 Å². The smallest absolute Gasteiger partial charge is 0.227 e. The molecule has 2 heterocycles. The number of aryl methyl sites for hydroxylation is 3. The molecule has 5 nitrogen and oxygen atoms in total. The number of amides is 1. The van der Waals surface area contributed by atoms with Crippen LogP contribution in [0.25, 0.3) is 0 Å². The molecule has 1 aliphatic carbocycles. The van der Waals surface area contributed by atoms with Crippen molar-refractivity contribution in [1.82, 2.24) is 20.1 Å². The van der Waals surface area contributed by atoms with Crippen LogP contribution in [0.5, 0.6) is 0 Å². The molecule has 1 N–H and O–H groups in total. The van der Waals surface area contributed by atoms with Crippen LogP contribution in [0, 0.1) is 19.8 Å².